The zero-order valence-electron chi connectivity index (χ0n) is 10.8. The van der Waals surface area contributed by atoms with Gasteiger partial charge in [-0.3, -0.25) is 4.84 Å². The molecule has 1 heterocycles. The third kappa shape index (κ3) is 3.67. The van der Waals surface area contributed by atoms with Gasteiger partial charge in [-0.05, 0) is 22.9 Å². The molecule has 0 spiro atoms. The van der Waals surface area contributed by atoms with E-state index in [-0.39, 0.29) is 6.04 Å². The van der Waals surface area contributed by atoms with Crippen LogP contribution in [-0.4, -0.2) is 0 Å². The van der Waals surface area contributed by atoms with Crippen LogP contribution in [-0.2, 0) is 11.4 Å². The molecule has 0 bridgehead atoms. The molecule has 0 aliphatic heterocycles. The van der Waals surface area contributed by atoms with Crippen LogP contribution in [0.1, 0.15) is 30.3 Å². The Morgan fingerprint density at radius 2 is 1.89 bits per heavy atom. The van der Waals surface area contributed by atoms with Crippen molar-refractivity contribution in [3.05, 3.63) is 58.3 Å². The van der Waals surface area contributed by atoms with Crippen molar-refractivity contribution in [2.45, 2.75) is 26.5 Å². The lowest BCUT2D eigenvalue weighted by Crippen LogP contribution is -2.25. The number of hydrogen-bond acceptors (Lipinski definition) is 3. The second-order valence-electron chi connectivity index (χ2n) is 4.63. The van der Waals surface area contributed by atoms with Gasteiger partial charge < -0.3 is 0 Å². The molecule has 2 rings (SSSR count). The van der Waals surface area contributed by atoms with Gasteiger partial charge in [0.2, 0.25) is 0 Å². The SMILES string of the molecule is CC(C)C(NOCc1ccccc1)c1cccs1. The lowest BCUT2D eigenvalue weighted by atomic mass is 10.0. The molecule has 1 unspecified atom stereocenters. The molecule has 2 nitrogen and oxygen atoms in total. The largest absolute Gasteiger partial charge is 0.296 e. The van der Waals surface area contributed by atoms with Crippen molar-refractivity contribution < 1.29 is 4.84 Å². The lowest BCUT2D eigenvalue weighted by Gasteiger charge is -2.20. The summed E-state index contributed by atoms with van der Waals surface area (Å²) in [6.07, 6.45) is 0. The molecule has 1 aromatic heterocycles. The molecule has 0 aliphatic rings. The standard InChI is InChI=1S/C15H19NOS/c1-12(2)15(14-9-6-10-18-14)16-17-11-13-7-4-3-5-8-13/h3-10,12,15-16H,11H2,1-2H3. The average Bonchev–Trinajstić information content (AvgIpc) is 2.89. The number of hydrogen-bond donors (Lipinski definition) is 1. The van der Waals surface area contributed by atoms with E-state index in [2.05, 4.69) is 49.0 Å². The maximum atomic E-state index is 5.62. The van der Waals surface area contributed by atoms with Gasteiger partial charge in [0, 0.05) is 4.88 Å². The van der Waals surface area contributed by atoms with E-state index in [9.17, 15) is 0 Å². The van der Waals surface area contributed by atoms with Crippen LogP contribution >= 0.6 is 11.3 Å². The Morgan fingerprint density at radius 1 is 1.11 bits per heavy atom. The highest BCUT2D eigenvalue weighted by molar-refractivity contribution is 7.10. The Morgan fingerprint density at radius 3 is 2.50 bits per heavy atom. The molecule has 3 heteroatoms. The zero-order chi connectivity index (χ0) is 12.8. The van der Waals surface area contributed by atoms with Crippen LogP contribution in [0.4, 0.5) is 0 Å². The highest BCUT2D eigenvalue weighted by Crippen LogP contribution is 2.25. The van der Waals surface area contributed by atoms with Gasteiger partial charge in [0.05, 0.1) is 12.6 Å². The van der Waals surface area contributed by atoms with E-state index in [4.69, 9.17) is 4.84 Å². The van der Waals surface area contributed by atoms with Gasteiger partial charge in [-0.25, -0.2) is 0 Å². The quantitative estimate of drug-likeness (QED) is 0.788. The first kappa shape index (κ1) is 13.3. The fourth-order valence-corrected chi connectivity index (χ4v) is 2.72. The summed E-state index contributed by atoms with van der Waals surface area (Å²) in [5.74, 6) is 0.499. The Kier molecular flexibility index (Phi) is 4.93. The number of benzene rings is 1. The summed E-state index contributed by atoms with van der Waals surface area (Å²) in [7, 11) is 0. The number of nitrogens with one attached hydrogen (secondary N) is 1. The molecule has 1 atom stereocenters. The van der Waals surface area contributed by atoms with Gasteiger partial charge in [0.15, 0.2) is 0 Å². The second kappa shape index (κ2) is 6.69. The summed E-state index contributed by atoms with van der Waals surface area (Å²) >= 11 is 1.76. The van der Waals surface area contributed by atoms with Gasteiger partial charge in [0.25, 0.3) is 0 Å². The Hall–Kier alpha value is -1.16. The maximum Gasteiger partial charge on any atom is 0.0933 e. The van der Waals surface area contributed by atoms with Crippen LogP contribution in [0.2, 0.25) is 0 Å². The summed E-state index contributed by atoms with van der Waals surface area (Å²) in [6, 6.07) is 14.7. The third-order valence-corrected chi connectivity index (χ3v) is 3.76. The van der Waals surface area contributed by atoms with Crippen molar-refractivity contribution >= 4 is 11.3 Å². The van der Waals surface area contributed by atoms with Crippen molar-refractivity contribution in [2.75, 3.05) is 0 Å². The normalized spacial score (nSPS) is 12.8. The maximum absolute atomic E-state index is 5.62. The first-order chi connectivity index (χ1) is 8.77. The molecular weight excluding hydrogens is 242 g/mol. The molecule has 2 aromatic rings. The first-order valence-electron chi connectivity index (χ1n) is 6.22. The molecule has 96 valence electrons. The number of rotatable bonds is 6. The van der Waals surface area contributed by atoms with Crippen molar-refractivity contribution in [3.8, 4) is 0 Å². The molecule has 0 fully saturated rings. The van der Waals surface area contributed by atoms with E-state index in [1.807, 2.05) is 18.2 Å². The highest BCUT2D eigenvalue weighted by Gasteiger charge is 2.16. The predicted octanol–water partition coefficient (Wildman–Crippen LogP) is 4.17. The van der Waals surface area contributed by atoms with Crippen LogP contribution in [0.5, 0.6) is 0 Å². The Bertz CT molecular complexity index is 439. The summed E-state index contributed by atoms with van der Waals surface area (Å²) in [4.78, 5) is 6.94. The van der Waals surface area contributed by atoms with Crippen molar-refractivity contribution in [1.82, 2.24) is 5.48 Å². The molecule has 0 saturated carbocycles. The van der Waals surface area contributed by atoms with Crippen LogP contribution < -0.4 is 5.48 Å². The molecule has 0 aliphatic carbocycles. The fourth-order valence-electron chi connectivity index (χ4n) is 1.78. The van der Waals surface area contributed by atoms with Crippen LogP contribution in [0, 0.1) is 5.92 Å². The number of hydroxylamine groups is 1. The topological polar surface area (TPSA) is 21.3 Å². The molecule has 0 radical (unpaired) electrons. The smallest absolute Gasteiger partial charge is 0.0933 e. The third-order valence-electron chi connectivity index (χ3n) is 2.81. The molecule has 1 N–H and O–H groups in total. The molecule has 0 saturated heterocycles. The Labute approximate surface area is 113 Å². The summed E-state index contributed by atoms with van der Waals surface area (Å²) in [6.45, 7) is 4.99. The van der Waals surface area contributed by atoms with E-state index in [1.165, 1.54) is 10.4 Å². The minimum atomic E-state index is 0.258. The number of thiophene rings is 1. The predicted molar refractivity (Wildman–Crippen MR) is 76.3 cm³/mol. The highest BCUT2D eigenvalue weighted by atomic mass is 32.1. The van der Waals surface area contributed by atoms with E-state index in [1.54, 1.807) is 11.3 Å². The van der Waals surface area contributed by atoms with Gasteiger partial charge in [-0.2, -0.15) is 5.48 Å². The molecule has 18 heavy (non-hydrogen) atoms. The summed E-state index contributed by atoms with van der Waals surface area (Å²) < 4.78 is 0. The second-order valence-corrected chi connectivity index (χ2v) is 5.61. The van der Waals surface area contributed by atoms with E-state index in [0.717, 1.165) is 0 Å². The molecular formula is C15H19NOS. The van der Waals surface area contributed by atoms with Crippen LogP contribution in [0.15, 0.2) is 47.8 Å². The van der Waals surface area contributed by atoms with E-state index in [0.29, 0.717) is 12.5 Å². The van der Waals surface area contributed by atoms with Crippen LogP contribution in [0.3, 0.4) is 0 Å². The Balaban J connectivity index is 1.87. The van der Waals surface area contributed by atoms with E-state index >= 15 is 0 Å². The van der Waals surface area contributed by atoms with Gasteiger partial charge in [-0.1, -0.05) is 50.2 Å². The molecule has 0 amide bonds. The van der Waals surface area contributed by atoms with Gasteiger partial charge in [-0.15, -0.1) is 11.3 Å². The monoisotopic (exact) mass is 261 g/mol. The van der Waals surface area contributed by atoms with Crippen molar-refractivity contribution in [1.29, 1.82) is 0 Å². The first-order valence-corrected chi connectivity index (χ1v) is 7.10. The zero-order valence-corrected chi connectivity index (χ0v) is 11.6. The summed E-state index contributed by atoms with van der Waals surface area (Å²) in [5.41, 5.74) is 4.36. The minimum absolute atomic E-state index is 0.258. The average molecular weight is 261 g/mol. The minimum Gasteiger partial charge on any atom is -0.296 e. The van der Waals surface area contributed by atoms with Crippen molar-refractivity contribution in [2.24, 2.45) is 5.92 Å². The van der Waals surface area contributed by atoms with Gasteiger partial charge >= 0.3 is 0 Å². The summed E-state index contributed by atoms with van der Waals surface area (Å²) in [5, 5.41) is 2.10. The van der Waals surface area contributed by atoms with Crippen LogP contribution in [0.25, 0.3) is 0 Å². The fraction of sp³-hybridized carbons (Fsp3) is 0.333. The van der Waals surface area contributed by atoms with Crippen molar-refractivity contribution in [3.63, 3.8) is 0 Å². The van der Waals surface area contributed by atoms with Gasteiger partial charge in [0.1, 0.15) is 0 Å². The lowest BCUT2D eigenvalue weighted by molar-refractivity contribution is -0.00690. The van der Waals surface area contributed by atoms with E-state index < -0.39 is 0 Å². The molecule has 1 aromatic carbocycles.